The predicted octanol–water partition coefficient (Wildman–Crippen LogP) is 2.55. The molecule has 1 saturated carbocycles. The SMILES string of the molecule is FC(F)(F)c1ccc(CNCCNC2CC2)cc1. The van der Waals surface area contributed by atoms with Crippen LogP contribution in [0.3, 0.4) is 0 Å². The summed E-state index contributed by atoms with van der Waals surface area (Å²) in [6, 6.07) is 5.98. The first-order valence-corrected chi connectivity index (χ1v) is 6.16. The summed E-state index contributed by atoms with van der Waals surface area (Å²) in [5.74, 6) is 0. The van der Waals surface area contributed by atoms with E-state index >= 15 is 0 Å². The number of hydrogen-bond acceptors (Lipinski definition) is 2. The van der Waals surface area contributed by atoms with E-state index in [4.69, 9.17) is 0 Å². The van der Waals surface area contributed by atoms with Gasteiger partial charge < -0.3 is 10.6 Å². The van der Waals surface area contributed by atoms with E-state index < -0.39 is 11.7 Å². The van der Waals surface area contributed by atoms with Crippen LogP contribution >= 0.6 is 0 Å². The maximum atomic E-state index is 12.3. The van der Waals surface area contributed by atoms with Crippen LogP contribution in [0.25, 0.3) is 0 Å². The molecule has 0 aromatic heterocycles. The molecule has 0 radical (unpaired) electrons. The van der Waals surface area contributed by atoms with Crippen LogP contribution < -0.4 is 10.6 Å². The molecule has 0 bridgehead atoms. The van der Waals surface area contributed by atoms with Gasteiger partial charge in [-0.15, -0.1) is 0 Å². The van der Waals surface area contributed by atoms with Gasteiger partial charge in [-0.3, -0.25) is 0 Å². The van der Waals surface area contributed by atoms with E-state index in [1.165, 1.54) is 25.0 Å². The molecular formula is C13H17F3N2. The first-order chi connectivity index (χ1) is 8.55. The average Bonchev–Trinajstić information content (AvgIpc) is 3.12. The van der Waals surface area contributed by atoms with Crippen molar-refractivity contribution in [3.63, 3.8) is 0 Å². The van der Waals surface area contributed by atoms with Crippen molar-refractivity contribution in [3.05, 3.63) is 35.4 Å². The Bertz CT molecular complexity index is 369. The second-order valence-electron chi connectivity index (χ2n) is 4.60. The average molecular weight is 258 g/mol. The molecule has 2 rings (SSSR count). The molecule has 0 amide bonds. The van der Waals surface area contributed by atoms with Gasteiger partial charge in [0.2, 0.25) is 0 Å². The summed E-state index contributed by atoms with van der Waals surface area (Å²) in [6.07, 6.45) is -1.72. The normalized spacial score (nSPS) is 15.9. The molecule has 1 aliphatic rings. The molecule has 18 heavy (non-hydrogen) atoms. The van der Waals surface area contributed by atoms with Crippen molar-refractivity contribution in [1.82, 2.24) is 10.6 Å². The van der Waals surface area contributed by atoms with Crippen molar-refractivity contribution in [1.29, 1.82) is 0 Å². The zero-order chi connectivity index (χ0) is 13.0. The Morgan fingerprint density at radius 1 is 1.06 bits per heavy atom. The maximum Gasteiger partial charge on any atom is 0.416 e. The smallest absolute Gasteiger partial charge is 0.313 e. The fourth-order valence-corrected chi connectivity index (χ4v) is 1.70. The largest absolute Gasteiger partial charge is 0.416 e. The van der Waals surface area contributed by atoms with E-state index in [9.17, 15) is 13.2 Å². The highest BCUT2D eigenvalue weighted by Gasteiger charge is 2.29. The van der Waals surface area contributed by atoms with Crippen LogP contribution in [0.15, 0.2) is 24.3 Å². The molecule has 0 aliphatic heterocycles. The standard InChI is InChI=1S/C13H17F3N2/c14-13(15,16)11-3-1-10(2-4-11)9-17-7-8-18-12-5-6-12/h1-4,12,17-18H,5-9H2. The van der Waals surface area contributed by atoms with Crippen molar-refractivity contribution >= 4 is 0 Å². The topological polar surface area (TPSA) is 24.1 Å². The molecule has 1 fully saturated rings. The monoisotopic (exact) mass is 258 g/mol. The molecule has 1 aromatic rings. The lowest BCUT2D eigenvalue weighted by molar-refractivity contribution is -0.137. The molecule has 0 spiro atoms. The second-order valence-corrected chi connectivity index (χ2v) is 4.60. The van der Waals surface area contributed by atoms with Gasteiger partial charge in [0.1, 0.15) is 0 Å². The van der Waals surface area contributed by atoms with E-state index in [2.05, 4.69) is 10.6 Å². The minimum Gasteiger partial charge on any atom is -0.313 e. The third-order valence-corrected chi connectivity index (χ3v) is 2.92. The van der Waals surface area contributed by atoms with Gasteiger partial charge in [-0.1, -0.05) is 12.1 Å². The summed E-state index contributed by atoms with van der Waals surface area (Å²) in [6.45, 7) is 2.34. The lowest BCUT2D eigenvalue weighted by atomic mass is 10.1. The Labute approximate surface area is 105 Å². The van der Waals surface area contributed by atoms with Crippen molar-refractivity contribution < 1.29 is 13.2 Å². The Morgan fingerprint density at radius 2 is 1.72 bits per heavy atom. The summed E-state index contributed by atoms with van der Waals surface area (Å²) in [5, 5.41) is 6.56. The van der Waals surface area contributed by atoms with E-state index in [1.807, 2.05) is 0 Å². The van der Waals surface area contributed by atoms with Crippen LogP contribution in [-0.2, 0) is 12.7 Å². The van der Waals surface area contributed by atoms with Crippen molar-refractivity contribution in [2.45, 2.75) is 31.6 Å². The van der Waals surface area contributed by atoms with Crippen LogP contribution in [-0.4, -0.2) is 19.1 Å². The van der Waals surface area contributed by atoms with Gasteiger partial charge in [-0.05, 0) is 30.5 Å². The summed E-state index contributed by atoms with van der Waals surface area (Å²) < 4.78 is 37.0. The summed E-state index contributed by atoms with van der Waals surface area (Å²) in [4.78, 5) is 0. The second kappa shape index (κ2) is 5.71. The summed E-state index contributed by atoms with van der Waals surface area (Å²) in [5.41, 5.74) is 0.274. The fourth-order valence-electron chi connectivity index (χ4n) is 1.70. The molecule has 0 unspecified atom stereocenters. The number of benzene rings is 1. The van der Waals surface area contributed by atoms with Crippen LogP contribution in [0.1, 0.15) is 24.0 Å². The zero-order valence-corrected chi connectivity index (χ0v) is 10.1. The first kappa shape index (κ1) is 13.4. The van der Waals surface area contributed by atoms with Gasteiger partial charge in [0.25, 0.3) is 0 Å². The fraction of sp³-hybridized carbons (Fsp3) is 0.538. The van der Waals surface area contributed by atoms with Crippen LogP contribution in [0, 0.1) is 0 Å². The van der Waals surface area contributed by atoms with Gasteiger partial charge in [0.05, 0.1) is 5.56 Å². The third kappa shape index (κ3) is 4.31. The quantitative estimate of drug-likeness (QED) is 0.766. The lowest BCUT2D eigenvalue weighted by Gasteiger charge is -2.08. The van der Waals surface area contributed by atoms with Crippen molar-refractivity contribution in [2.24, 2.45) is 0 Å². The minimum atomic E-state index is -4.25. The van der Waals surface area contributed by atoms with E-state index in [-0.39, 0.29) is 0 Å². The number of alkyl halides is 3. The van der Waals surface area contributed by atoms with Gasteiger partial charge in [0, 0.05) is 25.7 Å². The molecule has 1 aromatic carbocycles. The van der Waals surface area contributed by atoms with Gasteiger partial charge >= 0.3 is 6.18 Å². The highest BCUT2D eigenvalue weighted by molar-refractivity contribution is 5.24. The number of halogens is 3. The number of rotatable bonds is 6. The molecule has 1 aliphatic carbocycles. The van der Waals surface area contributed by atoms with Crippen molar-refractivity contribution in [3.8, 4) is 0 Å². The molecular weight excluding hydrogens is 241 g/mol. The van der Waals surface area contributed by atoms with Crippen LogP contribution in [0.2, 0.25) is 0 Å². The number of nitrogens with one attached hydrogen (secondary N) is 2. The highest BCUT2D eigenvalue weighted by Crippen LogP contribution is 2.28. The molecule has 2 N–H and O–H groups in total. The third-order valence-electron chi connectivity index (χ3n) is 2.92. The maximum absolute atomic E-state index is 12.3. The predicted molar refractivity (Wildman–Crippen MR) is 64.2 cm³/mol. The van der Waals surface area contributed by atoms with E-state index in [1.54, 1.807) is 0 Å². The molecule has 0 heterocycles. The van der Waals surface area contributed by atoms with Crippen molar-refractivity contribution in [2.75, 3.05) is 13.1 Å². The lowest BCUT2D eigenvalue weighted by Crippen LogP contribution is -2.28. The molecule has 2 nitrogen and oxygen atoms in total. The van der Waals surface area contributed by atoms with Gasteiger partial charge in [0.15, 0.2) is 0 Å². The van der Waals surface area contributed by atoms with Gasteiger partial charge in [-0.2, -0.15) is 13.2 Å². The molecule has 0 saturated heterocycles. The molecule has 0 atom stereocenters. The van der Waals surface area contributed by atoms with Crippen LogP contribution in [0.4, 0.5) is 13.2 Å². The first-order valence-electron chi connectivity index (χ1n) is 6.16. The van der Waals surface area contributed by atoms with E-state index in [0.29, 0.717) is 12.6 Å². The Morgan fingerprint density at radius 3 is 2.28 bits per heavy atom. The Kier molecular flexibility index (Phi) is 4.24. The van der Waals surface area contributed by atoms with Gasteiger partial charge in [-0.25, -0.2) is 0 Å². The molecule has 5 heteroatoms. The summed E-state index contributed by atoms with van der Waals surface area (Å²) in [7, 11) is 0. The highest BCUT2D eigenvalue weighted by atomic mass is 19.4. The minimum absolute atomic E-state index is 0.596. The van der Waals surface area contributed by atoms with Crippen LogP contribution in [0.5, 0.6) is 0 Å². The number of hydrogen-bond donors (Lipinski definition) is 2. The Balaban J connectivity index is 1.69. The van der Waals surface area contributed by atoms with E-state index in [0.717, 1.165) is 30.8 Å². The molecule has 100 valence electrons. The zero-order valence-electron chi connectivity index (χ0n) is 10.1. The summed E-state index contributed by atoms with van der Waals surface area (Å²) >= 11 is 0. The Hall–Kier alpha value is -1.07.